The van der Waals surface area contributed by atoms with Crippen LogP contribution < -0.4 is 5.69 Å². The molecule has 27 heavy (non-hydrogen) atoms. The molecule has 142 valence electrons. The first-order chi connectivity index (χ1) is 13.2. The Bertz CT molecular complexity index is 936. The molecule has 1 aliphatic carbocycles. The third kappa shape index (κ3) is 2.91. The first-order valence-electron chi connectivity index (χ1n) is 10.3. The zero-order valence-corrected chi connectivity index (χ0v) is 15.7. The highest BCUT2D eigenvalue weighted by Gasteiger charge is 2.34. The number of carbonyl (C=O) groups is 1. The highest BCUT2D eigenvalue weighted by atomic mass is 16.2. The van der Waals surface area contributed by atoms with E-state index in [1.807, 2.05) is 4.90 Å². The molecule has 1 fully saturated rings. The normalized spacial score (nSPS) is 21.3. The van der Waals surface area contributed by atoms with Crippen LogP contribution in [0.5, 0.6) is 0 Å². The molecule has 0 saturated carbocycles. The van der Waals surface area contributed by atoms with Crippen LogP contribution in [0.4, 0.5) is 0 Å². The molecule has 1 atom stereocenters. The van der Waals surface area contributed by atoms with E-state index in [2.05, 4.69) is 23.3 Å². The summed E-state index contributed by atoms with van der Waals surface area (Å²) in [5.41, 5.74) is 3.83. The number of carbonyl (C=O) groups excluding carboxylic acids is 1. The molecule has 6 heteroatoms. The summed E-state index contributed by atoms with van der Waals surface area (Å²) in [6, 6.07) is 6.16. The van der Waals surface area contributed by atoms with Gasteiger partial charge in [0.15, 0.2) is 0 Å². The van der Waals surface area contributed by atoms with Crippen LogP contribution in [-0.2, 0) is 30.6 Å². The van der Waals surface area contributed by atoms with E-state index in [0.717, 1.165) is 69.4 Å². The lowest BCUT2D eigenvalue weighted by atomic mass is 10.0. The first-order valence-corrected chi connectivity index (χ1v) is 10.3. The molecule has 3 heterocycles. The maximum atomic E-state index is 13.1. The molecule has 1 amide bonds. The van der Waals surface area contributed by atoms with E-state index < -0.39 is 0 Å². The van der Waals surface area contributed by atoms with Crippen LogP contribution in [0, 0.1) is 0 Å². The highest BCUT2D eigenvalue weighted by molar-refractivity contribution is 5.80. The minimum Gasteiger partial charge on any atom is -0.341 e. The largest absolute Gasteiger partial charge is 0.346 e. The van der Waals surface area contributed by atoms with Gasteiger partial charge in [0.05, 0.1) is 6.54 Å². The third-order valence-electron chi connectivity index (χ3n) is 6.33. The summed E-state index contributed by atoms with van der Waals surface area (Å²) < 4.78 is 3.24. The third-order valence-corrected chi connectivity index (χ3v) is 6.33. The van der Waals surface area contributed by atoms with E-state index in [9.17, 15) is 9.59 Å². The van der Waals surface area contributed by atoms with Crippen molar-refractivity contribution < 1.29 is 4.79 Å². The van der Waals surface area contributed by atoms with Crippen molar-refractivity contribution in [1.82, 2.24) is 19.2 Å². The molecule has 0 N–H and O–H groups in total. The van der Waals surface area contributed by atoms with Crippen LogP contribution in [-0.4, -0.2) is 38.2 Å². The van der Waals surface area contributed by atoms with E-state index >= 15 is 0 Å². The van der Waals surface area contributed by atoms with Crippen molar-refractivity contribution in [1.29, 1.82) is 0 Å². The average Bonchev–Trinajstić information content (AvgIpc) is 3.42. The molecule has 3 aliphatic rings. The van der Waals surface area contributed by atoms with Gasteiger partial charge in [-0.05, 0) is 61.6 Å². The molecule has 5 rings (SSSR count). The second-order valence-electron chi connectivity index (χ2n) is 8.12. The summed E-state index contributed by atoms with van der Waals surface area (Å²) in [7, 11) is 0. The Hall–Kier alpha value is -2.37. The van der Waals surface area contributed by atoms with Crippen molar-refractivity contribution in [3.05, 3.63) is 51.2 Å². The van der Waals surface area contributed by atoms with Crippen molar-refractivity contribution in [3.8, 4) is 0 Å². The number of amides is 1. The Morgan fingerprint density at radius 1 is 1.04 bits per heavy atom. The van der Waals surface area contributed by atoms with Crippen molar-refractivity contribution in [3.63, 3.8) is 0 Å². The van der Waals surface area contributed by atoms with Gasteiger partial charge >= 0.3 is 5.69 Å². The zero-order chi connectivity index (χ0) is 18.4. The van der Waals surface area contributed by atoms with Gasteiger partial charge in [-0.3, -0.25) is 9.36 Å². The maximum absolute atomic E-state index is 13.1. The summed E-state index contributed by atoms with van der Waals surface area (Å²) in [5, 5.41) is 4.59. The molecule has 0 bridgehead atoms. The molecule has 0 radical (unpaired) electrons. The molecule has 6 nitrogen and oxygen atoms in total. The lowest BCUT2D eigenvalue weighted by Gasteiger charge is -2.27. The smallest absolute Gasteiger partial charge is 0.341 e. The predicted octanol–water partition coefficient (Wildman–Crippen LogP) is 2.08. The Labute approximate surface area is 158 Å². The molecule has 2 aromatic rings. The number of benzene rings is 1. The summed E-state index contributed by atoms with van der Waals surface area (Å²) in [6.07, 6.45) is 8.08. The molecule has 1 aromatic heterocycles. The van der Waals surface area contributed by atoms with E-state index in [4.69, 9.17) is 0 Å². The topological polar surface area (TPSA) is 60.1 Å². The minimum absolute atomic E-state index is 0.104. The van der Waals surface area contributed by atoms with Crippen LogP contribution in [0.1, 0.15) is 60.7 Å². The fourth-order valence-corrected chi connectivity index (χ4v) is 4.91. The van der Waals surface area contributed by atoms with Crippen molar-refractivity contribution in [2.24, 2.45) is 0 Å². The number of aryl methyl sites for hydroxylation is 3. The van der Waals surface area contributed by atoms with Gasteiger partial charge in [-0.25, -0.2) is 9.48 Å². The Morgan fingerprint density at radius 2 is 1.85 bits per heavy atom. The quantitative estimate of drug-likeness (QED) is 0.836. The monoisotopic (exact) mass is 366 g/mol. The standard InChI is InChI=1S/C21H26N4O2/c26-20(23-11-1-2-12-23)18-7-4-8-19-22-24(21(27)25(18)19)14-15-9-10-16-5-3-6-17(16)13-15/h9-10,13,18H,1-8,11-12,14H2. The van der Waals surface area contributed by atoms with E-state index in [0.29, 0.717) is 6.54 Å². The van der Waals surface area contributed by atoms with Gasteiger partial charge in [-0.1, -0.05) is 18.2 Å². The number of likely N-dealkylation sites (tertiary alicyclic amines) is 1. The summed E-state index contributed by atoms with van der Waals surface area (Å²) in [6.45, 7) is 2.13. The molecule has 1 aromatic carbocycles. The van der Waals surface area contributed by atoms with E-state index in [1.165, 1.54) is 17.5 Å². The fourth-order valence-electron chi connectivity index (χ4n) is 4.91. The van der Waals surface area contributed by atoms with Gasteiger partial charge in [0.25, 0.3) is 0 Å². The summed E-state index contributed by atoms with van der Waals surface area (Å²) in [4.78, 5) is 27.9. The van der Waals surface area contributed by atoms with Crippen LogP contribution in [0.2, 0.25) is 0 Å². The average molecular weight is 366 g/mol. The fraction of sp³-hybridized carbons (Fsp3) is 0.571. The molecule has 1 unspecified atom stereocenters. The van der Waals surface area contributed by atoms with Crippen LogP contribution in [0.15, 0.2) is 23.0 Å². The maximum Gasteiger partial charge on any atom is 0.346 e. The van der Waals surface area contributed by atoms with Gasteiger partial charge in [0.2, 0.25) is 5.91 Å². The Morgan fingerprint density at radius 3 is 2.70 bits per heavy atom. The lowest BCUT2D eigenvalue weighted by Crippen LogP contribution is -2.41. The Balaban J connectivity index is 1.44. The number of hydrogen-bond donors (Lipinski definition) is 0. The molecular weight excluding hydrogens is 340 g/mol. The lowest BCUT2D eigenvalue weighted by molar-refractivity contribution is -0.134. The number of hydrogen-bond acceptors (Lipinski definition) is 3. The van der Waals surface area contributed by atoms with Gasteiger partial charge in [-0.15, -0.1) is 0 Å². The van der Waals surface area contributed by atoms with Gasteiger partial charge in [-0.2, -0.15) is 5.10 Å². The van der Waals surface area contributed by atoms with Gasteiger partial charge in [0.1, 0.15) is 11.9 Å². The van der Waals surface area contributed by atoms with Crippen LogP contribution >= 0.6 is 0 Å². The number of rotatable bonds is 3. The minimum atomic E-state index is -0.367. The van der Waals surface area contributed by atoms with Crippen molar-refractivity contribution in [2.45, 2.75) is 64.0 Å². The number of aromatic nitrogens is 3. The Kier molecular flexibility index (Phi) is 4.14. The predicted molar refractivity (Wildman–Crippen MR) is 102 cm³/mol. The first kappa shape index (κ1) is 16.8. The highest BCUT2D eigenvalue weighted by Crippen LogP contribution is 2.26. The van der Waals surface area contributed by atoms with Crippen molar-refractivity contribution >= 4 is 5.91 Å². The SMILES string of the molecule is O=C(C1CCCc2nn(Cc3ccc4c(c3)CCC4)c(=O)n21)N1CCCC1. The molecular formula is C21H26N4O2. The molecule has 0 spiro atoms. The summed E-state index contributed by atoms with van der Waals surface area (Å²) in [5.74, 6) is 0.873. The van der Waals surface area contributed by atoms with Gasteiger partial charge in [0, 0.05) is 19.5 Å². The number of nitrogens with zero attached hydrogens (tertiary/aromatic N) is 4. The second kappa shape index (κ2) is 6.66. The molecule has 1 saturated heterocycles. The van der Waals surface area contributed by atoms with Crippen LogP contribution in [0.3, 0.4) is 0 Å². The van der Waals surface area contributed by atoms with Gasteiger partial charge < -0.3 is 4.90 Å². The second-order valence-corrected chi connectivity index (χ2v) is 8.12. The molecule has 2 aliphatic heterocycles. The summed E-state index contributed by atoms with van der Waals surface area (Å²) >= 11 is 0. The number of fused-ring (bicyclic) bond motifs is 2. The van der Waals surface area contributed by atoms with Crippen molar-refractivity contribution in [2.75, 3.05) is 13.1 Å². The van der Waals surface area contributed by atoms with E-state index in [1.54, 1.807) is 9.25 Å². The van der Waals surface area contributed by atoms with E-state index in [-0.39, 0.29) is 17.6 Å². The van der Waals surface area contributed by atoms with Crippen LogP contribution in [0.25, 0.3) is 0 Å². The zero-order valence-electron chi connectivity index (χ0n) is 15.7.